The lowest BCUT2D eigenvalue weighted by atomic mass is 9.79. The van der Waals surface area contributed by atoms with Crippen LogP contribution in [-0.2, 0) is 4.79 Å². The Balaban J connectivity index is 1.79. The second-order valence-electron chi connectivity index (χ2n) is 7.42. The zero-order valence-electron chi connectivity index (χ0n) is 15.0. The highest BCUT2D eigenvalue weighted by molar-refractivity contribution is 6.42. The molecule has 2 aliphatic rings. The van der Waals surface area contributed by atoms with Crippen molar-refractivity contribution in [2.24, 2.45) is 5.92 Å². The Hall–Kier alpha value is -0.970. The van der Waals surface area contributed by atoms with Gasteiger partial charge in [-0.2, -0.15) is 0 Å². The maximum absolute atomic E-state index is 12.0. The van der Waals surface area contributed by atoms with E-state index in [1.165, 1.54) is 25.7 Å². The van der Waals surface area contributed by atoms with Crippen LogP contribution in [0.4, 0.5) is 0 Å². The molecule has 0 amide bonds. The predicted molar refractivity (Wildman–Crippen MR) is 104 cm³/mol. The van der Waals surface area contributed by atoms with Crippen molar-refractivity contribution >= 4 is 29.2 Å². The van der Waals surface area contributed by atoms with Gasteiger partial charge in [-0.25, -0.2) is 4.79 Å². The minimum absolute atomic E-state index is 0.00574. The zero-order valence-corrected chi connectivity index (χ0v) is 16.5. The molecule has 1 saturated carbocycles. The van der Waals surface area contributed by atoms with Crippen molar-refractivity contribution in [3.8, 4) is 5.75 Å². The topological polar surface area (TPSA) is 49.8 Å². The van der Waals surface area contributed by atoms with Crippen LogP contribution in [-0.4, -0.2) is 41.2 Å². The first-order valence-corrected chi connectivity index (χ1v) is 10.4. The quantitative estimate of drug-likeness (QED) is 0.733. The van der Waals surface area contributed by atoms with Crippen LogP contribution in [0.1, 0.15) is 51.4 Å². The molecule has 3 atom stereocenters. The smallest absolute Gasteiger partial charge is 0.345 e. The van der Waals surface area contributed by atoms with Gasteiger partial charge in [-0.05, 0) is 50.9 Å². The largest absolute Gasteiger partial charge is 0.478 e. The lowest BCUT2D eigenvalue weighted by Crippen LogP contribution is -2.51. The number of nitrogens with zero attached hydrogens (tertiary/aromatic N) is 1. The van der Waals surface area contributed by atoms with Gasteiger partial charge in [0, 0.05) is 18.0 Å². The van der Waals surface area contributed by atoms with E-state index in [2.05, 4.69) is 4.90 Å². The normalized spacial score (nSPS) is 26.1. The SMILES string of the molecule is O=C(O)C(Oc1ccc(Cl)c(Cl)c1)[C@@H]1CCCC[C@H]1N1CCCCCC1. The van der Waals surface area contributed by atoms with Gasteiger partial charge in [0.2, 0.25) is 0 Å². The second kappa shape index (κ2) is 9.29. The van der Waals surface area contributed by atoms with Crippen LogP contribution < -0.4 is 4.74 Å². The molecule has 1 heterocycles. The molecule has 0 bridgehead atoms. The Labute approximate surface area is 165 Å². The number of likely N-dealkylation sites (tertiary alicyclic amines) is 1. The predicted octanol–water partition coefficient (Wildman–Crippen LogP) is 5.26. The summed E-state index contributed by atoms with van der Waals surface area (Å²) in [7, 11) is 0. The van der Waals surface area contributed by atoms with Crippen LogP contribution in [0.25, 0.3) is 0 Å². The minimum Gasteiger partial charge on any atom is -0.478 e. The van der Waals surface area contributed by atoms with Crippen LogP contribution in [0.3, 0.4) is 0 Å². The van der Waals surface area contributed by atoms with E-state index in [4.69, 9.17) is 27.9 Å². The third-order valence-electron chi connectivity index (χ3n) is 5.68. The number of rotatable bonds is 5. The number of halogens is 2. The summed E-state index contributed by atoms with van der Waals surface area (Å²) in [6, 6.07) is 5.22. The number of carboxylic acids is 1. The first-order chi connectivity index (χ1) is 12.6. The number of benzene rings is 1. The van der Waals surface area contributed by atoms with Gasteiger partial charge < -0.3 is 9.84 Å². The van der Waals surface area contributed by atoms with E-state index in [1.54, 1.807) is 18.2 Å². The maximum atomic E-state index is 12.0. The molecule has 0 spiro atoms. The number of carboxylic acid groups (broad SMARTS) is 1. The number of ether oxygens (including phenoxy) is 1. The summed E-state index contributed by atoms with van der Waals surface area (Å²) in [6.45, 7) is 2.14. The Morgan fingerprint density at radius 3 is 2.38 bits per heavy atom. The van der Waals surface area contributed by atoms with E-state index in [0.717, 1.165) is 38.8 Å². The summed E-state index contributed by atoms with van der Waals surface area (Å²) in [4.78, 5) is 14.6. The van der Waals surface area contributed by atoms with E-state index in [1.807, 2.05) is 0 Å². The van der Waals surface area contributed by atoms with Gasteiger partial charge in [0.05, 0.1) is 10.0 Å². The lowest BCUT2D eigenvalue weighted by Gasteiger charge is -2.41. The Bertz CT molecular complexity index is 617. The van der Waals surface area contributed by atoms with E-state index in [-0.39, 0.29) is 12.0 Å². The Morgan fingerprint density at radius 2 is 1.73 bits per heavy atom. The van der Waals surface area contributed by atoms with Crippen LogP contribution in [0, 0.1) is 5.92 Å². The number of aliphatic carboxylic acids is 1. The van der Waals surface area contributed by atoms with E-state index >= 15 is 0 Å². The lowest BCUT2D eigenvalue weighted by molar-refractivity contribution is -0.150. The number of hydrogen-bond acceptors (Lipinski definition) is 3. The first-order valence-electron chi connectivity index (χ1n) is 9.65. The van der Waals surface area contributed by atoms with Crippen LogP contribution in [0.5, 0.6) is 5.75 Å². The molecule has 6 heteroatoms. The first kappa shape index (κ1) is 19.8. The molecule has 1 aromatic carbocycles. The molecule has 1 N–H and O–H groups in total. The summed E-state index contributed by atoms with van der Waals surface area (Å²) in [5.74, 6) is -0.441. The van der Waals surface area contributed by atoms with Crippen molar-refractivity contribution in [1.82, 2.24) is 4.90 Å². The summed E-state index contributed by atoms with van der Waals surface area (Å²) < 4.78 is 5.93. The highest BCUT2D eigenvalue weighted by atomic mass is 35.5. The molecule has 1 aliphatic heterocycles. The average Bonchev–Trinajstić information content (AvgIpc) is 2.92. The van der Waals surface area contributed by atoms with Gasteiger partial charge in [0.25, 0.3) is 0 Å². The fourth-order valence-corrected chi connectivity index (χ4v) is 4.68. The van der Waals surface area contributed by atoms with Crippen molar-refractivity contribution < 1.29 is 14.6 Å². The molecule has 26 heavy (non-hydrogen) atoms. The van der Waals surface area contributed by atoms with Crippen LogP contribution in [0.2, 0.25) is 10.0 Å². The summed E-state index contributed by atoms with van der Waals surface area (Å²) in [5.41, 5.74) is 0. The maximum Gasteiger partial charge on any atom is 0.345 e. The van der Waals surface area contributed by atoms with Gasteiger partial charge in [0.15, 0.2) is 6.10 Å². The van der Waals surface area contributed by atoms with Crippen molar-refractivity contribution in [3.05, 3.63) is 28.2 Å². The minimum atomic E-state index is -0.900. The summed E-state index contributed by atoms with van der Waals surface area (Å²) in [5, 5.41) is 10.7. The standard InChI is InChI=1S/C20H27Cl2NO3/c21-16-10-9-14(13-17(16)22)26-19(20(24)25)15-7-3-4-8-18(15)23-11-5-1-2-6-12-23/h9-10,13,15,18-19H,1-8,11-12H2,(H,24,25)/t15-,18-,19?/m1/s1. The van der Waals surface area contributed by atoms with Gasteiger partial charge >= 0.3 is 5.97 Å². The number of carbonyl (C=O) groups is 1. The van der Waals surface area contributed by atoms with Crippen molar-refractivity contribution in [3.63, 3.8) is 0 Å². The third kappa shape index (κ3) is 4.85. The number of hydrogen-bond donors (Lipinski definition) is 1. The average molecular weight is 400 g/mol. The molecular weight excluding hydrogens is 373 g/mol. The molecule has 1 saturated heterocycles. The molecule has 0 aromatic heterocycles. The van der Waals surface area contributed by atoms with E-state index in [9.17, 15) is 9.90 Å². The van der Waals surface area contributed by atoms with Gasteiger partial charge in [-0.3, -0.25) is 4.90 Å². The highest BCUT2D eigenvalue weighted by Gasteiger charge is 2.40. The van der Waals surface area contributed by atoms with Crippen LogP contribution in [0.15, 0.2) is 18.2 Å². The van der Waals surface area contributed by atoms with E-state index in [0.29, 0.717) is 15.8 Å². The second-order valence-corrected chi connectivity index (χ2v) is 8.23. The molecule has 4 nitrogen and oxygen atoms in total. The van der Waals surface area contributed by atoms with Gasteiger partial charge in [0.1, 0.15) is 5.75 Å². The third-order valence-corrected chi connectivity index (χ3v) is 6.42. The summed E-state index contributed by atoms with van der Waals surface area (Å²) >= 11 is 12.0. The Morgan fingerprint density at radius 1 is 1.04 bits per heavy atom. The summed E-state index contributed by atoms with van der Waals surface area (Å²) in [6.07, 6.45) is 8.26. The van der Waals surface area contributed by atoms with Crippen molar-refractivity contribution in [2.45, 2.75) is 63.5 Å². The van der Waals surface area contributed by atoms with Crippen molar-refractivity contribution in [1.29, 1.82) is 0 Å². The monoisotopic (exact) mass is 399 g/mol. The Kier molecular flexibility index (Phi) is 7.07. The molecule has 3 rings (SSSR count). The fourth-order valence-electron chi connectivity index (χ4n) is 4.39. The molecule has 0 radical (unpaired) electrons. The van der Waals surface area contributed by atoms with Crippen molar-refractivity contribution in [2.75, 3.05) is 13.1 Å². The molecular formula is C20H27Cl2NO3. The molecule has 144 valence electrons. The van der Waals surface area contributed by atoms with Gasteiger partial charge in [-0.15, -0.1) is 0 Å². The molecule has 2 fully saturated rings. The fraction of sp³-hybridized carbons (Fsp3) is 0.650. The van der Waals surface area contributed by atoms with E-state index < -0.39 is 12.1 Å². The zero-order chi connectivity index (χ0) is 18.5. The van der Waals surface area contributed by atoms with Crippen LogP contribution >= 0.6 is 23.2 Å². The highest BCUT2D eigenvalue weighted by Crippen LogP contribution is 2.35. The molecule has 1 unspecified atom stereocenters. The molecule has 1 aliphatic carbocycles. The molecule has 1 aromatic rings. The van der Waals surface area contributed by atoms with Gasteiger partial charge in [-0.1, -0.05) is 48.9 Å².